The van der Waals surface area contributed by atoms with E-state index < -0.39 is 0 Å². The van der Waals surface area contributed by atoms with Crippen LogP contribution in [-0.4, -0.2) is 9.97 Å². The number of furan rings is 2. The normalized spacial score (nSPS) is 11.7. The highest BCUT2D eigenvalue weighted by Crippen LogP contribution is 2.41. The van der Waals surface area contributed by atoms with Crippen LogP contribution in [0.1, 0.15) is 0 Å². The van der Waals surface area contributed by atoms with Gasteiger partial charge in [-0.3, -0.25) is 9.97 Å². The van der Waals surface area contributed by atoms with Crippen LogP contribution in [0.3, 0.4) is 0 Å². The van der Waals surface area contributed by atoms with Gasteiger partial charge >= 0.3 is 0 Å². The molecule has 5 nitrogen and oxygen atoms in total. The Morgan fingerprint density at radius 1 is 0.449 bits per heavy atom. The Morgan fingerprint density at radius 3 is 1.98 bits per heavy atom. The highest BCUT2D eigenvalue weighted by Gasteiger charge is 2.18. The van der Waals surface area contributed by atoms with Crippen molar-refractivity contribution in [2.75, 3.05) is 4.90 Å². The van der Waals surface area contributed by atoms with Crippen LogP contribution in [0, 0.1) is 0 Å². The Balaban J connectivity index is 1.08. The summed E-state index contributed by atoms with van der Waals surface area (Å²) in [4.78, 5) is 11.4. The number of benzene rings is 6. The van der Waals surface area contributed by atoms with Crippen molar-refractivity contribution < 1.29 is 8.83 Å². The van der Waals surface area contributed by atoms with Crippen LogP contribution in [0.25, 0.3) is 77.0 Å². The van der Waals surface area contributed by atoms with Crippen molar-refractivity contribution in [2.45, 2.75) is 0 Å². The first-order valence-corrected chi connectivity index (χ1v) is 16.3. The summed E-state index contributed by atoms with van der Waals surface area (Å²) < 4.78 is 12.6. The van der Waals surface area contributed by atoms with Crippen LogP contribution in [0.4, 0.5) is 17.1 Å². The lowest BCUT2D eigenvalue weighted by Gasteiger charge is -2.26. The number of hydrogen-bond donors (Lipinski definition) is 0. The Bertz CT molecular complexity index is 2670. The maximum absolute atomic E-state index is 6.32. The molecule has 0 spiro atoms. The fourth-order valence-corrected chi connectivity index (χ4v) is 7.05. The molecule has 0 amide bonds. The molecule has 0 bridgehead atoms. The second kappa shape index (κ2) is 10.9. The number of anilines is 3. The molecule has 4 heterocycles. The summed E-state index contributed by atoms with van der Waals surface area (Å²) in [5.41, 5.74) is 10.5. The van der Waals surface area contributed by atoms with Crippen molar-refractivity contribution in [3.05, 3.63) is 164 Å². The third kappa shape index (κ3) is 4.48. The van der Waals surface area contributed by atoms with E-state index in [0.29, 0.717) is 0 Å². The van der Waals surface area contributed by atoms with Gasteiger partial charge in [0.05, 0.1) is 0 Å². The van der Waals surface area contributed by atoms with Crippen molar-refractivity contribution in [2.24, 2.45) is 0 Å². The zero-order chi connectivity index (χ0) is 32.3. The molecule has 0 atom stereocenters. The third-order valence-electron chi connectivity index (χ3n) is 9.42. The molecule has 0 saturated carbocycles. The van der Waals surface area contributed by atoms with Gasteiger partial charge in [-0.05, 0) is 70.9 Å². The van der Waals surface area contributed by atoms with Crippen LogP contribution >= 0.6 is 0 Å². The zero-order valence-electron chi connectivity index (χ0n) is 26.2. The summed E-state index contributed by atoms with van der Waals surface area (Å²) in [7, 11) is 0. The first-order valence-electron chi connectivity index (χ1n) is 16.3. The van der Waals surface area contributed by atoms with E-state index in [4.69, 9.17) is 13.8 Å². The van der Waals surface area contributed by atoms with E-state index in [1.807, 2.05) is 42.7 Å². The average molecular weight is 630 g/mol. The van der Waals surface area contributed by atoms with E-state index in [0.717, 1.165) is 83.3 Å². The largest absolute Gasteiger partial charge is 0.455 e. The molecule has 0 unspecified atom stereocenters. The van der Waals surface area contributed by atoms with Crippen molar-refractivity contribution in [3.8, 4) is 22.4 Å². The highest BCUT2D eigenvalue weighted by atomic mass is 16.3. The van der Waals surface area contributed by atoms with Gasteiger partial charge in [0.1, 0.15) is 22.4 Å². The average Bonchev–Trinajstić information content (AvgIpc) is 3.74. The van der Waals surface area contributed by atoms with E-state index in [9.17, 15) is 0 Å². The lowest BCUT2D eigenvalue weighted by atomic mass is 10.0. The van der Waals surface area contributed by atoms with Crippen LogP contribution < -0.4 is 4.90 Å². The van der Waals surface area contributed by atoms with Gasteiger partial charge in [-0.15, -0.1) is 0 Å². The number of aromatic nitrogens is 2. The summed E-state index contributed by atoms with van der Waals surface area (Å²) >= 11 is 0. The van der Waals surface area contributed by atoms with Crippen LogP contribution in [0.2, 0.25) is 0 Å². The lowest BCUT2D eigenvalue weighted by Crippen LogP contribution is -2.09. The zero-order valence-corrected chi connectivity index (χ0v) is 26.2. The Labute approximate surface area is 281 Å². The minimum atomic E-state index is 0.800. The van der Waals surface area contributed by atoms with E-state index in [-0.39, 0.29) is 0 Å². The second-order valence-electron chi connectivity index (χ2n) is 12.3. The molecular formula is C44H27N3O2. The molecule has 10 aromatic rings. The number of hydrogen-bond acceptors (Lipinski definition) is 5. The monoisotopic (exact) mass is 629 g/mol. The molecule has 0 radical (unpaired) electrons. The number of rotatable bonds is 5. The molecule has 49 heavy (non-hydrogen) atoms. The second-order valence-corrected chi connectivity index (χ2v) is 12.3. The molecule has 10 rings (SSSR count). The third-order valence-corrected chi connectivity index (χ3v) is 9.42. The topological polar surface area (TPSA) is 55.3 Å². The molecule has 0 fully saturated rings. The predicted molar refractivity (Wildman–Crippen MR) is 200 cm³/mol. The maximum atomic E-state index is 6.32. The molecule has 6 aromatic carbocycles. The number of fused-ring (bicyclic) bond motifs is 7. The summed E-state index contributed by atoms with van der Waals surface area (Å²) in [6.45, 7) is 0. The standard InChI is InChI=1S/C44H27N3O2/c1-2-7-31-26-34(21-12-28(31)6-1)47(32-17-13-29(14-18-32)35-9-5-10-37-39-27-45-24-23-41(39)48-43(35)37)33-19-15-30(16-20-33)42-44-38(22-25-46-42)36-8-3-4-11-40(36)49-44/h1-27H. The first kappa shape index (κ1) is 27.4. The quantitative estimate of drug-likeness (QED) is 0.190. The van der Waals surface area contributed by atoms with E-state index in [2.05, 4.69) is 125 Å². The van der Waals surface area contributed by atoms with Crippen molar-refractivity contribution in [1.82, 2.24) is 9.97 Å². The maximum Gasteiger partial charge on any atom is 0.161 e. The molecule has 230 valence electrons. The summed E-state index contributed by atoms with van der Waals surface area (Å²) in [5.74, 6) is 0. The van der Waals surface area contributed by atoms with Crippen molar-refractivity contribution in [3.63, 3.8) is 0 Å². The number of pyridine rings is 2. The molecule has 0 N–H and O–H groups in total. The Hall–Kier alpha value is -6.72. The van der Waals surface area contributed by atoms with Crippen molar-refractivity contribution in [1.29, 1.82) is 0 Å². The van der Waals surface area contributed by atoms with E-state index in [1.165, 1.54) is 10.8 Å². The Morgan fingerprint density at radius 2 is 1.12 bits per heavy atom. The highest BCUT2D eigenvalue weighted by molar-refractivity contribution is 6.10. The van der Waals surface area contributed by atoms with Gasteiger partial charge in [0.15, 0.2) is 5.58 Å². The molecule has 5 heteroatoms. The molecule has 0 aliphatic rings. The SMILES string of the molecule is c1ccc2cc(N(c3ccc(-c4cccc5c4oc4ccncc45)cc3)c3ccc(-c4nccc5c4oc4ccccc45)cc3)ccc2c1. The summed E-state index contributed by atoms with van der Waals surface area (Å²) in [6.07, 6.45) is 5.50. The Kier molecular flexibility index (Phi) is 6.11. The van der Waals surface area contributed by atoms with Gasteiger partial charge in [0, 0.05) is 68.3 Å². The molecule has 0 aliphatic heterocycles. The van der Waals surface area contributed by atoms with Gasteiger partial charge in [-0.1, -0.05) is 91.0 Å². The lowest BCUT2D eigenvalue weighted by molar-refractivity contribution is 0.668. The number of para-hydroxylation sites is 2. The minimum Gasteiger partial charge on any atom is -0.455 e. The predicted octanol–water partition coefficient (Wildman–Crippen LogP) is 12.2. The van der Waals surface area contributed by atoms with Crippen LogP contribution in [-0.2, 0) is 0 Å². The smallest absolute Gasteiger partial charge is 0.161 e. The molecule has 0 saturated heterocycles. The number of nitrogens with zero attached hydrogens (tertiary/aromatic N) is 3. The fourth-order valence-electron chi connectivity index (χ4n) is 7.05. The van der Waals surface area contributed by atoms with Crippen LogP contribution in [0.5, 0.6) is 0 Å². The summed E-state index contributed by atoms with van der Waals surface area (Å²) in [5, 5.41) is 6.64. The van der Waals surface area contributed by atoms with Gasteiger partial charge in [0.25, 0.3) is 0 Å². The van der Waals surface area contributed by atoms with Crippen LogP contribution in [0.15, 0.2) is 173 Å². The van der Waals surface area contributed by atoms with E-state index >= 15 is 0 Å². The fraction of sp³-hybridized carbons (Fsp3) is 0. The molecular weight excluding hydrogens is 603 g/mol. The van der Waals surface area contributed by atoms with E-state index in [1.54, 1.807) is 6.20 Å². The first-order chi connectivity index (χ1) is 24.3. The summed E-state index contributed by atoms with van der Waals surface area (Å²) in [6, 6.07) is 50.7. The van der Waals surface area contributed by atoms with Gasteiger partial charge in [-0.2, -0.15) is 0 Å². The van der Waals surface area contributed by atoms with Gasteiger partial charge in [-0.25, -0.2) is 0 Å². The van der Waals surface area contributed by atoms with Gasteiger partial charge < -0.3 is 13.7 Å². The molecule has 0 aliphatic carbocycles. The molecule has 4 aromatic heterocycles. The minimum absolute atomic E-state index is 0.800. The van der Waals surface area contributed by atoms with Gasteiger partial charge in [0.2, 0.25) is 0 Å². The van der Waals surface area contributed by atoms with Crippen molar-refractivity contribution >= 4 is 71.7 Å².